The Morgan fingerprint density at radius 1 is 1.23 bits per heavy atom. The summed E-state index contributed by atoms with van der Waals surface area (Å²) in [5.41, 5.74) is 2.58. The van der Waals surface area contributed by atoms with Gasteiger partial charge < -0.3 is 15.3 Å². The van der Waals surface area contributed by atoms with Crippen LogP contribution in [0.4, 0.5) is 10.5 Å². The Morgan fingerprint density at radius 3 is 2.64 bits per heavy atom. The average molecular weight is 319 g/mol. The maximum absolute atomic E-state index is 12.4. The molecular weight excluding hydrogens is 300 g/mol. The number of anilines is 1. The molecule has 2 N–H and O–H groups in total. The number of aryl methyl sites for hydroxylation is 1. The van der Waals surface area contributed by atoms with Crippen molar-refractivity contribution in [2.45, 2.75) is 13.5 Å². The van der Waals surface area contributed by atoms with Gasteiger partial charge in [0.15, 0.2) is 0 Å². The SMILES string of the molecule is Cc1ccc(Cl)c(NC(=O)N(CCO)Cc2ccccc2)c1. The molecule has 0 bridgehead atoms. The lowest BCUT2D eigenvalue weighted by Gasteiger charge is -2.22. The quantitative estimate of drug-likeness (QED) is 0.883. The summed E-state index contributed by atoms with van der Waals surface area (Å²) >= 11 is 6.10. The molecule has 0 spiro atoms. The monoisotopic (exact) mass is 318 g/mol. The smallest absolute Gasteiger partial charge is 0.322 e. The molecule has 0 saturated carbocycles. The zero-order valence-electron chi connectivity index (χ0n) is 12.4. The van der Waals surface area contributed by atoms with Crippen LogP contribution in [0.3, 0.4) is 0 Å². The summed E-state index contributed by atoms with van der Waals surface area (Å²) in [4.78, 5) is 14.0. The molecule has 0 aliphatic rings. The van der Waals surface area contributed by atoms with Gasteiger partial charge in [-0.1, -0.05) is 48.0 Å². The minimum absolute atomic E-state index is 0.0954. The van der Waals surface area contributed by atoms with E-state index >= 15 is 0 Å². The van der Waals surface area contributed by atoms with E-state index in [9.17, 15) is 9.90 Å². The highest BCUT2D eigenvalue weighted by Crippen LogP contribution is 2.23. The Kier molecular flexibility index (Phi) is 5.81. The number of hydrogen-bond acceptors (Lipinski definition) is 2. The molecule has 5 heteroatoms. The van der Waals surface area contributed by atoms with Crippen LogP contribution in [0.5, 0.6) is 0 Å². The van der Waals surface area contributed by atoms with E-state index in [2.05, 4.69) is 5.32 Å². The molecule has 0 aromatic heterocycles. The Balaban J connectivity index is 2.11. The number of aliphatic hydroxyl groups is 1. The second kappa shape index (κ2) is 7.82. The molecule has 4 nitrogen and oxygen atoms in total. The van der Waals surface area contributed by atoms with Crippen molar-refractivity contribution < 1.29 is 9.90 Å². The third-order valence-electron chi connectivity index (χ3n) is 3.24. The molecule has 0 radical (unpaired) electrons. The van der Waals surface area contributed by atoms with Gasteiger partial charge in [-0.2, -0.15) is 0 Å². The van der Waals surface area contributed by atoms with E-state index in [0.29, 0.717) is 17.3 Å². The summed E-state index contributed by atoms with van der Waals surface area (Å²) in [5, 5.41) is 12.5. The third-order valence-corrected chi connectivity index (χ3v) is 3.57. The van der Waals surface area contributed by atoms with Gasteiger partial charge in [0.2, 0.25) is 0 Å². The van der Waals surface area contributed by atoms with E-state index in [0.717, 1.165) is 11.1 Å². The van der Waals surface area contributed by atoms with E-state index in [1.807, 2.05) is 49.4 Å². The first-order valence-corrected chi connectivity index (χ1v) is 7.45. The summed E-state index contributed by atoms with van der Waals surface area (Å²) in [5.74, 6) is 0. The van der Waals surface area contributed by atoms with Crippen LogP contribution < -0.4 is 5.32 Å². The second-order valence-electron chi connectivity index (χ2n) is 5.04. The standard InChI is InChI=1S/C17H19ClN2O2/c1-13-7-8-15(18)16(11-13)19-17(22)20(9-10-21)12-14-5-3-2-4-6-14/h2-8,11,21H,9-10,12H2,1H3,(H,19,22). The predicted octanol–water partition coefficient (Wildman–Crippen LogP) is 3.67. The first kappa shape index (κ1) is 16.3. The molecule has 2 aromatic carbocycles. The van der Waals surface area contributed by atoms with Crippen LogP contribution in [0, 0.1) is 6.92 Å². The zero-order chi connectivity index (χ0) is 15.9. The Labute approximate surface area is 135 Å². The van der Waals surface area contributed by atoms with Crippen molar-refractivity contribution in [3.05, 3.63) is 64.7 Å². The van der Waals surface area contributed by atoms with Crippen molar-refractivity contribution in [3.8, 4) is 0 Å². The number of urea groups is 1. The minimum Gasteiger partial charge on any atom is -0.395 e. The highest BCUT2D eigenvalue weighted by atomic mass is 35.5. The van der Waals surface area contributed by atoms with Gasteiger partial charge in [0.05, 0.1) is 17.3 Å². The van der Waals surface area contributed by atoms with Gasteiger partial charge in [-0.05, 0) is 30.2 Å². The van der Waals surface area contributed by atoms with Gasteiger partial charge >= 0.3 is 6.03 Å². The number of amides is 2. The molecule has 2 rings (SSSR count). The lowest BCUT2D eigenvalue weighted by molar-refractivity contribution is 0.185. The van der Waals surface area contributed by atoms with Crippen molar-refractivity contribution in [2.75, 3.05) is 18.5 Å². The van der Waals surface area contributed by atoms with Crippen molar-refractivity contribution in [2.24, 2.45) is 0 Å². The zero-order valence-corrected chi connectivity index (χ0v) is 13.2. The van der Waals surface area contributed by atoms with Crippen LogP contribution in [-0.2, 0) is 6.54 Å². The van der Waals surface area contributed by atoms with E-state index in [1.165, 1.54) is 0 Å². The van der Waals surface area contributed by atoms with E-state index in [1.54, 1.807) is 11.0 Å². The molecule has 0 unspecified atom stereocenters. The average Bonchev–Trinajstić information content (AvgIpc) is 2.51. The number of halogens is 1. The molecule has 0 saturated heterocycles. The maximum atomic E-state index is 12.4. The highest BCUT2D eigenvalue weighted by Gasteiger charge is 2.15. The summed E-state index contributed by atoms with van der Waals surface area (Å²) in [6.07, 6.45) is 0. The van der Waals surface area contributed by atoms with Crippen LogP contribution in [0.15, 0.2) is 48.5 Å². The Hall–Kier alpha value is -2.04. The van der Waals surface area contributed by atoms with Crippen LogP contribution in [0.25, 0.3) is 0 Å². The van der Waals surface area contributed by atoms with Crippen LogP contribution >= 0.6 is 11.6 Å². The topological polar surface area (TPSA) is 52.6 Å². The van der Waals surface area contributed by atoms with Crippen LogP contribution in [0.2, 0.25) is 5.02 Å². The summed E-state index contributed by atoms with van der Waals surface area (Å²) in [6.45, 7) is 2.52. The molecule has 116 valence electrons. The minimum atomic E-state index is -0.287. The largest absolute Gasteiger partial charge is 0.395 e. The third kappa shape index (κ3) is 4.48. The summed E-state index contributed by atoms with van der Waals surface area (Å²) < 4.78 is 0. The number of nitrogens with zero attached hydrogens (tertiary/aromatic N) is 1. The van der Waals surface area contributed by atoms with E-state index in [4.69, 9.17) is 11.6 Å². The van der Waals surface area contributed by atoms with Crippen LogP contribution in [-0.4, -0.2) is 29.2 Å². The van der Waals surface area contributed by atoms with Gasteiger partial charge in [-0.15, -0.1) is 0 Å². The first-order chi connectivity index (χ1) is 10.6. The van der Waals surface area contributed by atoms with Gasteiger partial charge in [-0.25, -0.2) is 4.79 Å². The second-order valence-corrected chi connectivity index (χ2v) is 5.45. The van der Waals surface area contributed by atoms with Gasteiger partial charge in [0.1, 0.15) is 0 Å². The molecule has 2 amide bonds. The number of rotatable bonds is 5. The summed E-state index contributed by atoms with van der Waals surface area (Å²) in [7, 11) is 0. The van der Waals surface area contributed by atoms with Crippen LogP contribution in [0.1, 0.15) is 11.1 Å². The molecular formula is C17H19ClN2O2. The molecule has 0 heterocycles. The Morgan fingerprint density at radius 2 is 1.95 bits per heavy atom. The van der Waals surface area contributed by atoms with Crippen molar-refractivity contribution in [1.82, 2.24) is 4.90 Å². The fraction of sp³-hybridized carbons (Fsp3) is 0.235. The number of hydrogen-bond donors (Lipinski definition) is 2. The lowest BCUT2D eigenvalue weighted by Crippen LogP contribution is -2.36. The number of carbonyl (C=O) groups is 1. The highest BCUT2D eigenvalue weighted by molar-refractivity contribution is 6.33. The maximum Gasteiger partial charge on any atom is 0.322 e. The number of nitrogens with one attached hydrogen (secondary N) is 1. The first-order valence-electron chi connectivity index (χ1n) is 7.07. The molecule has 0 atom stereocenters. The molecule has 0 fully saturated rings. The van der Waals surface area contributed by atoms with Crippen molar-refractivity contribution >= 4 is 23.3 Å². The fourth-order valence-electron chi connectivity index (χ4n) is 2.11. The Bertz CT molecular complexity index is 632. The lowest BCUT2D eigenvalue weighted by atomic mass is 10.2. The number of benzene rings is 2. The fourth-order valence-corrected chi connectivity index (χ4v) is 2.27. The van der Waals surface area contributed by atoms with Gasteiger partial charge in [0, 0.05) is 13.1 Å². The van der Waals surface area contributed by atoms with Gasteiger partial charge in [0.25, 0.3) is 0 Å². The van der Waals surface area contributed by atoms with E-state index in [-0.39, 0.29) is 19.2 Å². The molecule has 2 aromatic rings. The van der Waals surface area contributed by atoms with Crippen molar-refractivity contribution in [1.29, 1.82) is 0 Å². The summed E-state index contributed by atoms with van der Waals surface area (Å²) in [6, 6.07) is 14.8. The molecule has 0 aliphatic carbocycles. The number of carbonyl (C=O) groups excluding carboxylic acids is 1. The van der Waals surface area contributed by atoms with Crippen molar-refractivity contribution in [3.63, 3.8) is 0 Å². The molecule has 22 heavy (non-hydrogen) atoms. The number of aliphatic hydroxyl groups excluding tert-OH is 1. The van der Waals surface area contributed by atoms with Gasteiger partial charge in [-0.3, -0.25) is 0 Å². The van der Waals surface area contributed by atoms with E-state index < -0.39 is 0 Å². The normalized spacial score (nSPS) is 10.3. The molecule has 0 aliphatic heterocycles. The predicted molar refractivity (Wildman–Crippen MR) is 89.1 cm³/mol.